The zero-order valence-electron chi connectivity index (χ0n) is 5.43. The minimum atomic E-state index is 0.911. The number of rotatable bonds is 0. The summed E-state index contributed by atoms with van der Waals surface area (Å²) in [6.07, 6.45) is 2.95. The summed E-state index contributed by atoms with van der Waals surface area (Å²) in [5.41, 5.74) is 0. The molecule has 0 aromatic carbocycles. The van der Waals surface area contributed by atoms with E-state index in [1.54, 1.807) is 0 Å². The highest BCUT2D eigenvalue weighted by Crippen LogP contribution is 2.31. The zero-order valence-corrected chi connectivity index (χ0v) is 5.43. The van der Waals surface area contributed by atoms with Crippen molar-refractivity contribution in [3.8, 4) is 0 Å². The van der Waals surface area contributed by atoms with E-state index in [-0.39, 0.29) is 0 Å². The Hall–Kier alpha value is -0.0400. The molecule has 2 saturated heterocycles. The van der Waals surface area contributed by atoms with E-state index in [2.05, 4.69) is 11.8 Å². The van der Waals surface area contributed by atoms with Gasteiger partial charge in [-0.25, -0.2) is 0 Å². The van der Waals surface area contributed by atoms with Crippen LogP contribution in [0.25, 0.3) is 0 Å². The van der Waals surface area contributed by atoms with Gasteiger partial charge in [-0.05, 0) is 32.2 Å². The van der Waals surface area contributed by atoms with Gasteiger partial charge >= 0.3 is 0 Å². The normalized spacial score (nSPS) is 52.9. The summed E-state index contributed by atoms with van der Waals surface area (Å²) in [7, 11) is 0. The molecule has 2 rings (SSSR count). The number of fused-ring (bicyclic) bond motifs is 2. The molecule has 0 amide bonds. The average molecular weight is 111 g/mol. The van der Waals surface area contributed by atoms with Gasteiger partial charge in [-0.15, -0.1) is 0 Å². The van der Waals surface area contributed by atoms with Crippen LogP contribution in [-0.4, -0.2) is 24.0 Å². The Balaban J connectivity index is 2.11. The predicted molar refractivity (Wildman–Crippen MR) is 33.8 cm³/mol. The third kappa shape index (κ3) is 0.510. The molecule has 1 heteroatoms. The van der Waals surface area contributed by atoms with Crippen molar-refractivity contribution in [2.75, 3.05) is 13.1 Å². The molecule has 2 aliphatic heterocycles. The van der Waals surface area contributed by atoms with E-state index in [1.165, 1.54) is 25.9 Å². The van der Waals surface area contributed by atoms with Crippen LogP contribution in [-0.2, 0) is 0 Å². The summed E-state index contributed by atoms with van der Waals surface area (Å²) >= 11 is 0. The Morgan fingerprint density at radius 3 is 2.62 bits per heavy atom. The zero-order chi connectivity index (χ0) is 5.56. The minimum Gasteiger partial charge on any atom is -0.300 e. The Bertz CT molecular complexity index is 98.6. The molecule has 0 saturated carbocycles. The fraction of sp³-hybridized carbons (Fsp3) is 1.00. The smallest absolute Gasteiger partial charge is 0.00701 e. The van der Waals surface area contributed by atoms with Gasteiger partial charge in [-0.2, -0.15) is 0 Å². The number of nitrogens with zero attached hydrogens (tertiary/aromatic N) is 1. The highest BCUT2D eigenvalue weighted by Gasteiger charge is 2.34. The molecular formula is C7H13N. The van der Waals surface area contributed by atoms with Crippen molar-refractivity contribution in [2.24, 2.45) is 5.92 Å². The lowest BCUT2D eigenvalue weighted by atomic mass is 10.0. The first-order valence-corrected chi connectivity index (χ1v) is 3.60. The molecule has 1 nitrogen and oxygen atoms in total. The first-order chi connectivity index (χ1) is 3.86. The topological polar surface area (TPSA) is 3.24 Å². The number of piperidine rings is 1. The van der Waals surface area contributed by atoms with Gasteiger partial charge in [0, 0.05) is 12.6 Å². The van der Waals surface area contributed by atoms with Crippen molar-refractivity contribution in [3.05, 3.63) is 0 Å². The van der Waals surface area contributed by atoms with Crippen molar-refractivity contribution in [3.63, 3.8) is 0 Å². The maximum atomic E-state index is 2.60. The van der Waals surface area contributed by atoms with Crippen LogP contribution in [0.15, 0.2) is 0 Å². The molecule has 2 heterocycles. The monoisotopic (exact) mass is 111 g/mol. The fourth-order valence-electron chi connectivity index (χ4n) is 2.09. The lowest BCUT2D eigenvalue weighted by Crippen LogP contribution is -2.25. The molecule has 8 heavy (non-hydrogen) atoms. The lowest BCUT2D eigenvalue weighted by molar-refractivity contribution is 0.280. The molecule has 0 aromatic rings. The molecule has 2 bridgehead atoms. The molecule has 0 radical (unpaired) electrons. The molecule has 0 N–H and O–H groups in total. The molecule has 46 valence electrons. The van der Waals surface area contributed by atoms with Crippen LogP contribution in [0.4, 0.5) is 0 Å². The summed E-state index contributed by atoms with van der Waals surface area (Å²) in [5, 5.41) is 0. The van der Waals surface area contributed by atoms with Crippen LogP contribution >= 0.6 is 0 Å². The van der Waals surface area contributed by atoms with Gasteiger partial charge in [-0.1, -0.05) is 0 Å². The molecule has 3 atom stereocenters. The van der Waals surface area contributed by atoms with Crippen molar-refractivity contribution in [1.29, 1.82) is 0 Å². The predicted octanol–water partition coefficient (Wildman–Crippen LogP) is 1.10. The molecule has 2 unspecified atom stereocenters. The Labute approximate surface area is 50.7 Å². The van der Waals surface area contributed by atoms with Crippen molar-refractivity contribution in [1.82, 2.24) is 4.90 Å². The van der Waals surface area contributed by atoms with Gasteiger partial charge in [0.2, 0.25) is 0 Å². The van der Waals surface area contributed by atoms with Crippen molar-refractivity contribution < 1.29 is 0 Å². The molecule has 2 aliphatic rings. The third-order valence-corrected chi connectivity index (χ3v) is 2.62. The summed E-state index contributed by atoms with van der Waals surface area (Å²) in [4.78, 5) is 2.60. The second-order valence-electron chi connectivity index (χ2n) is 3.23. The summed E-state index contributed by atoms with van der Waals surface area (Å²) in [5.74, 6) is 1.07. The number of hydrogen-bond acceptors (Lipinski definition) is 1. The SMILES string of the molecule is C[C@H]1CC2CCN1C2. The fourth-order valence-corrected chi connectivity index (χ4v) is 2.09. The van der Waals surface area contributed by atoms with E-state index in [0.29, 0.717) is 0 Å². The van der Waals surface area contributed by atoms with Crippen LogP contribution in [0.2, 0.25) is 0 Å². The lowest BCUT2D eigenvalue weighted by Gasteiger charge is -2.19. The van der Waals surface area contributed by atoms with E-state index in [9.17, 15) is 0 Å². The Morgan fingerprint density at radius 1 is 1.50 bits per heavy atom. The van der Waals surface area contributed by atoms with Gasteiger partial charge in [0.1, 0.15) is 0 Å². The highest BCUT2D eigenvalue weighted by molar-refractivity contribution is 4.88. The van der Waals surface area contributed by atoms with E-state index in [4.69, 9.17) is 0 Å². The van der Waals surface area contributed by atoms with E-state index < -0.39 is 0 Å². The minimum absolute atomic E-state index is 0.911. The van der Waals surface area contributed by atoms with Gasteiger partial charge in [0.25, 0.3) is 0 Å². The molecule has 0 aliphatic carbocycles. The summed E-state index contributed by atoms with van der Waals surface area (Å²) in [6, 6.07) is 0.911. The quantitative estimate of drug-likeness (QED) is 0.452. The average Bonchev–Trinajstić information content (AvgIpc) is 2.23. The summed E-state index contributed by atoms with van der Waals surface area (Å²) in [6.45, 7) is 5.13. The second kappa shape index (κ2) is 1.47. The first kappa shape index (κ1) is 4.80. The van der Waals surface area contributed by atoms with Crippen LogP contribution in [0.1, 0.15) is 19.8 Å². The van der Waals surface area contributed by atoms with Gasteiger partial charge in [0.05, 0.1) is 0 Å². The van der Waals surface area contributed by atoms with Gasteiger partial charge in [-0.3, -0.25) is 0 Å². The van der Waals surface area contributed by atoms with Gasteiger partial charge < -0.3 is 4.90 Å². The first-order valence-electron chi connectivity index (χ1n) is 3.60. The van der Waals surface area contributed by atoms with E-state index in [1.807, 2.05) is 0 Å². The molecular weight excluding hydrogens is 98.1 g/mol. The van der Waals surface area contributed by atoms with Crippen LogP contribution < -0.4 is 0 Å². The van der Waals surface area contributed by atoms with Gasteiger partial charge in [0.15, 0.2) is 0 Å². The maximum absolute atomic E-state index is 2.60. The Kier molecular flexibility index (Phi) is 0.884. The standard InChI is InChI=1S/C7H13N/c1-6-4-7-2-3-8(6)5-7/h6-7H,2-5H2,1H3/t6-,7?/m0/s1. The molecule has 0 aromatic heterocycles. The van der Waals surface area contributed by atoms with Crippen molar-refractivity contribution >= 4 is 0 Å². The largest absolute Gasteiger partial charge is 0.300 e. The highest BCUT2D eigenvalue weighted by atomic mass is 15.2. The van der Waals surface area contributed by atoms with E-state index >= 15 is 0 Å². The Morgan fingerprint density at radius 2 is 2.38 bits per heavy atom. The van der Waals surface area contributed by atoms with Crippen molar-refractivity contribution in [2.45, 2.75) is 25.8 Å². The van der Waals surface area contributed by atoms with E-state index in [0.717, 1.165) is 12.0 Å². The molecule has 2 fully saturated rings. The number of hydrogen-bond donors (Lipinski definition) is 0. The van der Waals surface area contributed by atoms with Crippen LogP contribution in [0.3, 0.4) is 0 Å². The summed E-state index contributed by atoms with van der Waals surface area (Å²) < 4.78 is 0. The van der Waals surface area contributed by atoms with Crippen LogP contribution in [0, 0.1) is 5.92 Å². The second-order valence-corrected chi connectivity index (χ2v) is 3.23. The van der Waals surface area contributed by atoms with Crippen LogP contribution in [0.5, 0.6) is 0 Å². The third-order valence-electron chi connectivity index (χ3n) is 2.62. The maximum Gasteiger partial charge on any atom is 0.00701 e. The molecule has 0 spiro atoms.